The van der Waals surface area contributed by atoms with Gasteiger partial charge in [-0.1, -0.05) is 55.4 Å². The molecule has 0 fully saturated rings. The molecule has 268 valence electrons. The molecule has 0 radical (unpaired) electrons. The zero-order valence-electron chi connectivity index (χ0n) is 28.8. The van der Waals surface area contributed by atoms with Gasteiger partial charge in [0.05, 0.1) is 58.5 Å². The minimum atomic E-state index is -4.84. The van der Waals surface area contributed by atoms with Crippen LogP contribution in [0.2, 0.25) is 0 Å². The van der Waals surface area contributed by atoms with Gasteiger partial charge in [-0.3, -0.25) is 0 Å². The van der Waals surface area contributed by atoms with Gasteiger partial charge in [-0.25, -0.2) is 36.0 Å². The normalized spacial score (nSPS) is 11.4. The van der Waals surface area contributed by atoms with Crippen molar-refractivity contribution >= 4 is 93.0 Å². The maximum Gasteiger partial charge on any atom is 2.00 e. The molecule has 17 heteroatoms. The van der Waals surface area contributed by atoms with E-state index in [0.29, 0.717) is 0 Å². The third-order valence-corrected chi connectivity index (χ3v) is 7.15. The van der Waals surface area contributed by atoms with Crippen LogP contribution in [0, 0.1) is 23.7 Å². The van der Waals surface area contributed by atoms with E-state index in [1.807, 2.05) is 55.4 Å². The zero-order chi connectivity index (χ0) is 37.0. The molecule has 0 aliphatic carbocycles. The van der Waals surface area contributed by atoms with Crippen molar-refractivity contribution in [1.82, 2.24) is 0 Å². The summed E-state index contributed by atoms with van der Waals surface area (Å²) in [7, 11) is -9.69. The maximum absolute atomic E-state index is 12.0. The molecule has 0 N–H and O–H groups in total. The van der Waals surface area contributed by atoms with E-state index in [2.05, 4.69) is 0 Å². The van der Waals surface area contributed by atoms with E-state index in [4.69, 9.17) is 18.9 Å². The second-order valence-electron chi connectivity index (χ2n) is 12.4. The van der Waals surface area contributed by atoms with Crippen LogP contribution in [0.25, 0.3) is 0 Å². The number of hydrogen-bond acceptors (Lipinski definition) is 14. The van der Waals surface area contributed by atoms with Gasteiger partial charge in [0, 0.05) is 0 Å². The fraction of sp³-hybridized carbons (Fsp3) is 0.500. The van der Waals surface area contributed by atoms with Crippen LogP contribution in [0.1, 0.15) is 96.8 Å². The van der Waals surface area contributed by atoms with Crippen LogP contribution < -0.4 is 0 Å². The Morgan fingerprint density at radius 1 is 0.469 bits per heavy atom. The van der Waals surface area contributed by atoms with Crippen molar-refractivity contribution in [2.45, 2.75) is 65.2 Å². The summed E-state index contributed by atoms with van der Waals surface area (Å²) in [5.74, 6) is -2.93. The molecular formula is C32H42BaO14S2. The summed E-state index contributed by atoms with van der Waals surface area (Å²) in [6, 6.07) is 5.88. The molecule has 0 aromatic heterocycles. The molecule has 0 saturated heterocycles. The molecule has 0 aliphatic heterocycles. The van der Waals surface area contributed by atoms with E-state index in [1.165, 1.54) is 0 Å². The maximum atomic E-state index is 12.0. The van der Waals surface area contributed by atoms with Crippen LogP contribution in [0.5, 0.6) is 0 Å². The monoisotopic (exact) mass is 852 g/mol. The minimum absolute atomic E-state index is 0. The number of carbonyl (C=O) groups is 4. The first kappa shape index (κ1) is 46.7. The first-order valence-electron chi connectivity index (χ1n) is 14.9. The average molecular weight is 852 g/mol. The first-order valence-corrected chi connectivity index (χ1v) is 17.7. The van der Waals surface area contributed by atoms with Crippen LogP contribution in [0.3, 0.4) is 0 Å². The van der Waals surface area contributed by atoms with Crippen molar-refractivity contribution in [1.29, 1.82) is 0 Å². The van der Waals surface area contributed by atoms with Gasteiger partial charge in [0.2, 0.25) is 0 Å². The zero-order valence-corrected chi connectivity index (χ0v) is 34.9. The topological polar surface area (TPSA) is 220 Å². The number of ether oxygens (including phenoxy) is 4. The number of rotatable bonds is 14. The van der Waals surface area contributed by atoms with E-state index in [9.17, 15) is 45.1 Å². The van der Waals surface area contributed by atoms with Gasteiger partial charge in [0.25, 0.3) is 0 Å². The Morgan fingerprint density at radius 3 is 0.796 bits per heavy atom. The Bertz CT molecular complexity index is 1460. The summed E-state index contributed by atoms with van der Waals surface area (Å²) in [5.41, 5.74) is -0.763. The van der Waals surface area contributed by atoms with Crippen molar-refractivity contribution < 1.29 is 64.1 Å². The largest absolute Gasteiger partial charge is 2.00 e. The third kappa shape index (κ3) is 18.0. The Morgan fingerprint density at radius 2 is 0.653 bits per heavy atom. The fourth-order valence-corrected chi connectivity index (χ4v) is 4.35. The van der Waals surface area contributed by atoms with Gasteiger partial charge in [-0.15, -0.1) is 0 Å². The summed E-state index contributed by atoms with van der Waals surface area (Å²) in [6.07, 6.45) is 0. The van der Waals surface area contributed by atoms with Gasteiger partial charge in [-0.2, -0.15) is 0 Å². The van der Waals surface area contributed by atoms with Crippen LogP contribution in [-0.2, 0) is 39.2 Å². The van der Waals surface area contributed by atoms with Crippen molar-refractivity contribution in [2.75, 3.05) is 26.4 Å². The molecule has 0 aliphatic rings. The summed E-state index contributed by atoms with van der Waals surface area (Å²) in [5, 5.41) is 0. The smallest absolute Gasteiger partial charge is 0.744 e. The molecule has 0 saturated carbocycles. The summed E-state index contributed by atoms with van der Waals surface area (Å²) < 4.78 is 87.5. The Hall–Kier alpha value is -2.29. The van der Waals surface area contributed by atoms with E-state index in [0.717, 1.165) is 36.4 Å². The third-order valence-electron chi connectivity index (χ3n) is 5.52. The van der Waals surface area contributed by atoms with Gasteiger partial charge in [0.15, 0.2) is 0 Å². The second-order valence-corrected chi connectivity index (χ2v) is 15.1. The first-order chi connectivity index (χ1) is 22.0. The molecule has 2 aromatic carbocycles. The van der Waals surface area contributed by atoms with Crippen LogP contribution in [0.4, 0.5) is 0 Å². The minimum Gasteiger partial charge on any atom is -0.744 e. The predicted octanol–water partition coefficient (Wildman–Crippen LogP) is 4.05. The van der Waals surface area contributed by atoms with Crippen molar-refractivity contribution in [3.05, 3.63) is 58.7 Å². The standard InChI is InChI=1S/2C16H22O7S.Ba/c2*1-10(2)8-22-15(17)12-5-13(16(18)23-9-11(3)4)7-14(6-12)24(19,20)21;/h2*5-7,10-11H,8-9H2,1-4H3,(H,19,20,21);/q;;+2/p-2. The van der Waals surface area contributed by atoms with Gasteiger partial charge >= 0.3 is 72.8 Å². The van der Waals surface area contributed by atoms with Crippen molar-refractivity contribution in [3.63, 3.8) is 0 Å². The number of benzene rings is 2. The molecule has 2 rings (SSSR count). The number of esters is 4. The predicted molar refractivity (Wildman–Crippen MR) is 175 cm³/mol. The molecule has 0 bridgehead atoms. The van der Waals surface area contributed by atoms with Crippen LogP contribution in [-0.4, -0.2) is 125 Å². The molecule has 2 aromatic rings. The molecule has 49 heavy (non-hydrogen) atoms. The summed E-state index contributed by atoms with van der Waals surface area (Å²) >= 11 is 0. The molecule has 14 nitrogen and oxygen atoms in total. The molecule has 0 unspecified atom stereocenters. The van der Waals surface area contributed by atoms with Crippen LogP contribution >= 0.6 is 0 Å². The van der Waals surface area contributed by atoms with E-state index < -0.39 is 53.9 Å². The van der Waals surface area contributed by atoms with E-state index in [1.54, 1.807) is 0 Å². The van der Waals surface area contributed by atoms with Gasteiger partial charge in [0.1, 0.15) is 20.2 Å². The Labute approximate surface area is 328 Å². The second kappa shape index (κ2) is 21.2. The average Bonchev–Trinajstić information content (AvgIpc) is 2.98. The van der Waals surface area contributed by atoms with E-state index >= 15 is 0 Å². The SMILES string of the molecule is CC(C)COC(=O)c1cc(C(=O)OCC(C)C)cc(S(=O)(=O)[O-])c1.CC(C)COC(=O)c1cc(C(=O)OCC(C)C)cc(S(=O)(=O)[O-])c1.[Ba+2]. The van der Waals surface area contributed by atoms with Crippen LogP contribution in [0.15, 0.2) is 46.2 Å². The summed E-state index contributed by atoms with van der Waals surface area (Å²) in [4.78, 5) is 46.6. The van der Waals surface area contributed by atoms with Gasteiger partial charge in [-0.05, 0) is 60.1 Å². The molecule has 0 heterocycles. The van der Waals surface area contributed by atoms with E-state index in [-0.39, 0.29) is 121 Å². The fourth-order valence-electron chi connectivity index (χ4n) is 3.26. The quantitative estimate of drug-likeness (QED) is 0.113. The molecule has 0 amide bonds. The molecular weight excluding hydrogens is 810 g/mol. The molecule has 0 atom stereocenters. The van der Waals surface area contributed by atoms with Crippen molar-refractivity contribution in [2.24, 2.45) is 23.7 Å². The Balaban J connectivity index is 0.000000922. The van der Waals surface area contributed by atoms with Gasteiger partial charge < -0.3 is 28.1 Å². The summed E-state index contributed by atoms with van der Waals surface area (Å²) in [6.45, 7) is 15.2. The Kier molecular flexibility index (Phi) is 20.2. The number of hydrogen-bond donors (Lipinski definition) is 0. The molecule has 0 spiro atoms. The number of carbonyl (C=O) groups excluding carboxylic acids is 4. The van der Waals surface area contributed by atoms with Crippen molar-refractivity contribution in [3.8, 4) is 0 Å².